The lowest BCUT2D eigenvalue weighted by molar-refractivity contribution is -0.144. The average molecular weight is 443 g/mol. The monoisotopic (exact) mass is 442 g/mol. The summed E-state index contributed by atoms with van der Waals surface area (Å²) in [5.74, 6) is -0.698. The van der Waals surface area contributed by atoms with Crippen molar-refractivity contribution in [2.45, 2.75) is 58.4 Å². The van der Waals surface area contributed by atoms with Crippen molar-refractivity contribution in [1.29, 1.82) is 0 Å². The fraction of sp³-hybridized carbons (Fsp3) is 0.615. The van der Waals surface area contributed by atoms with Crippen LogP contribution < -0.4 is 5.32 Å². The largest absolute Gasteiger partial charge is 0.336 e. The van der Waals surface area contributed by atoms with Crippen molar-refractivity contribution >= 4 is 17.5 Å². The highest BCUT2D eigenvalue weighted by Crippen LogP contribution is 2.65. The number of carbonyl (C=O) groups excluding carboxylic acids is 2. The smallest absolute Gasteiger partial charge is 0.282 e. The highest BCUT2D eigenvalue weighted by atomic mass is 19.1. The summed E-state index contributed by atoms with van der Waals surface area (Å²) in [6.07, 6.45) is 7.05. The Morgan fingerprint density at radius 2 is 1.81 bits per heavy atom. The van der Waals surface area contributed by atoms with Gasteiger partial charge in [-0.1, -0.05) is 26.0 Å². The van der Waals surface area contributed by atoms with Crippen LogP contribution in [0.3, 0.4) is 0 Å². The molecule has 5 rings (SSSR count). The molecule has 3 aliphatic carbocycles. The third-order valence-electron chi connectivity index (χ3n) is 9.61. The van der Waals surface area contributed by atoms with Crippen molar-refractivity contribution in [3.8, 4) is 0 Å². The van der Waals surface area contributed by atoms with E-state index in [4.69, 9.17) is 0 Å². The first kappa shape index (κ1) is 21.6. The number of carbonyl (C=O) groups is 2. The zero-order valence-electron chi connectivity index (χ0n) is 19.0. The molecular formula is C26H32F2N2O2. The highest BCUT2D eigenvalue weighted by Gasteiger charge is 2.62. The quantitative estimate of drug-likeness (QED) is 0.674. The number of rotatable bonds is 2. The van der Waals surface area contributed by atoms with E-state index in [1.165, 1.54) is 6.07 Å². The number of amides is 2. The number of fused-ring (bicyclic) bond motifs is 5. The number of nitrogens with one attached hydrogen (secondary N) is 1. The highest BCUT2D eigenvalue weighted by molar-refractivity contribution is 5.93. The molecule has 4 aliphatic rings. The van der Waals surface area contributed by atoms with Crippen molar-refractivity contribution in [3.63, 3.8) is 0 Å². The van der Waals surface area contributed by atoms with E-state index in [0.717, 1.165) is 38.5 Å². The molecule has 1 aromatic carbocycles. The molecule has 4 nitrogen and oxygen atoms in total. The van der Waals surface area contributed by atoms with E-state index in [2.05, 4.69) is 19.2 Å². The number of likely N-dealkylation sites (N-methyl/N-ethyl adjacent to an activating group) is 1. The number of hydrogen-bond donors (Lipinski definition) is 1. The summed E-state index contributed by atoms with van der Waals surface area (Å²) >= 11 is 0. The second-order valence-corrected chi connectivity index (χ2v) is 10.9. The van der Waals surface area contributed by atoms with Crippen LogP contribution in [0, 0.1) is 40.3 Å². The Hall–Kier alpha value is -2.24. The topological polar surface area (TPSA) is 49.4 Å². The Morgan fingerprint density at radius 3 is 2.56 bits per heavy atom. The third-order valence-corrected chi connectivity index (χ3v) is 9.61. The first-order valence-electron chi connectivity index (χ1n) is 11.9. The summed E-state index contributed by atoms with van der Waals surface area (Å²) in [5.41, 5.74) is -0.273. The maximum atomic E-state index is 14.5. The van der Waals surface area contributed by atoms with Gasteiger partial charge in [-0.2, -0.15) is 0 Å². The van der Waals surface area contributed by atoms with Crippen LogP contribution in [0.15, 0.2) is 36.2 Å². The second kappa shape index (κ2) is 7.39. The summed E-state index contributed by atoms with van der Waals surface area (Å²) in [4.78, 5) is 27.0. The van der Waals surface area contributed by atoms with Crippen LogP contribution in [0.5, 0.6) is 0 Å². The summed E-state index contributed by atoms with van der Waals surface area (Å²) < 4.78 is 28.6. The summed E-state index contributed by atoms with van der Waals surface area (Å²) in [6, 6.07) is 6.33. The van der Waals surface area contributed by atoms with Gasteiger partial charge in [0.1, 0.15) is 5.82 Å². The molecule has 2 unspecified atom stereocenters. The third kappa shape index (κ3) is 2.97. The van der Waals surface area contributed by atoms with Gasteiger partial charge in [-0.15, -0.1) is 0 Å². The predicted molar refractivity (Wildman–Crippen MR) is 119 cm³/mol. The number of halogens is 2. The van der Waals surface area contributed by atoms with Crippen molar-refractivity contribution in [3.05, 3.63) is 42.0 Å². The van der Waals surface area contributed by atoms with Crippen LogP contribution in [-0.2, 0) is 9.59 Å². The zero-order valence-corrected chi connectivity index (χ0v) is 19.0. The maximum absolute atomic E-state index is 14.5. The van der Waals surface area contributed by atoms with Gasteiger partial charge < -0.3 is 10.2 Å². The first-order valence-corrected chi connectivity index (χ1v) is 11.9. The van der Waals surface area contributed by atoms with E-state index in [1.54, 1.807) is 36.2 Å². The predicted octanol–water partition coefficient (Wildman–Crippen LogP) is 5.32. The molecule has 0 saturated heterocycles. The fourth-order valence-electron chi connectivity index (χ4n) is 8.04. The normalized spacial score (nSPS) is 40.8. The van der Waals surface area contributed by atoms with Crippen LogP contribution in [0.1, 0.15) is 52.4 Å². The first-order chi connectivity index (χ1) is 15.2. The molecule has 3 fully saturated rings. The van der Waals surface area contributed by atoms with Gasteiger partial charge in [-0.25, -0.2) is 8.78 Å². The lowest BCUT2D eigenvalue weighted by Crippen LogP contribution is -2.60. The molecule has 172 valence electrons. The Bertz CT molecular complexity index is 994. The molecule has 0 spiro atoms. The Kier molecular flexibility index (Phi) is 4.99. The molecule has 2 amide bonds. The van der Waals surface area contributed by atoms with E-state index in [9.17, 15) is 18.4 Å². The minimum absolute atomic E-state index is 0.0293. The Balaban J connectivity index is 1.40. The number of benzene rings is 1. The zero-order chi connectivity index (χ0) is 22.8. The van der Waals surface area contributed by atoms with E-state index >= 15 is 0 Å². The number of anilines is 1. The van der Waals surface area contributed by atoms with Gasteiger partial charge in [0, 0.05) is 24.4 Å². The van der Waals surface area contributed by atoms with Gasteiger partial charge in [0.15, 0.2) is 5.83 Å². The van der Waals surface area contributed by atoms with Gasteiger partial charge in [0.25, 0.3) is 5.91 Å². The molecule has 32 heavy (non-hydrogen) atoms. The SMILES string of the molecule is CN1C(=O)C(F)=C[C@@]2(C)C1CC[C@@H]1[C@H]2CC[C@]2(C)C(C(=O)Nc3ccccc3F)CC[C@@H]12. The van der Waals surface area contributed by atoms with Crippen LogP contribution in [0.25, 0.3) is 0 Å². The molecule has 6 heteroatoms. The number of hydrogen-bond acceptors (Lipinski definition) is 2. The molecular weight excluding hydrogens is 410 g/mol. The van der Waals surface area contributed by atoms with Gasteiger partial charge in [0.2, 0.25) is 5.91 Å². The molecule has 0 bridgehead atoms. The summed E-state index contributed by atoms with van der Waals surface area (Å²) in [5, 5.41) is 2.83. The van der Waals surface area contributed by atoms with Gasteiger partial charge in [-0.3, -0.25) is 9.59 Å². The number of nitrogens with zero attached hydrogens (tertiary/aromatic N) is 1. The van der Waals surface area contributed by atoms with Crippen LogP contribution >= 0.6 is 0 Å². The van der Waals surface area contributed by atoms with Gasteiger partial charge in [-0.05, 0) is 79.9 Å². The molecule has 3 saturated carbocycles. The second-order valence-electron chi connectivity index (χ2n) is 10.9. The molecule has 0 radical (unpaired) electrons. The summed E-state index contributed by atoms with van der Waals surface area (Å²) in [7, 11) is 1.73. The Labute approximate surface area is 188 Å². The molecule has 1 aromatic rings. The lowest BCUT2D eigenvalue weighted by Gasteiger charge is -2.60. The lowest BCUT2D eigenvalue weighted by atomic mass is 9.47. The van der Waals surface area contributed by atoms with E-state index < -0.39 is 17.6 Å². The standard InChI is InChI=1S/C26H32F2N2O2/c1-25-13-12-17-15(8-11-22-26(17,2)14-20(28)24(32)30(22)3)16(25)9-10-18(25)23(31)29-21-7-5-4-6-19(21)27/h4-7,14-18,22H,8-13H2,1-3H3,(H,29,31)/t15-,16-,17+,18?,22?,25-,26+/m0/s1. The van der Waals surface area contributed by atoms with E-state index in [-0.39, 0.29) is 34.4 Å². The van der Waals surface area contributed by atoms with Crippen molar-refractivity contribution < 1.29 is 18.4 Å². The van der Waals surface area contributed by atoms with Crippen LogP contribution in [0.4, 0.5) is 14.5 Å². The van der Waals surface area contributed by atoms with Crippen molar-refractivity contribution in [2.75, 3.05) is 12.4 Å². The van der Waals surface area contributed by atoms with E-state index in [1.807, 2.05) is 0 Å². The molecule has 1 N–H and O–H groups in total. The molecule has 1 heterocycles. The van der Waals surface area contributed by atoms with Crippen molar-refractivity contribution in [2.24, 2.45) is 34.5 Å². The van der Waals surface area contributed by atoms with Crippen LogP contribution in [0.2, 0.25) is 0 Å². The van der Waals surface area contributed by atoms with E-state index in [0.29, 0.717) is 17.8 Å². The maximum Gasteiger partial charge on any atom is 0.282 e. The molecule has 1 aliphatic heterocycles. The minimum atomic E-state index is -0.631. The Morgan fingerprint density at radius 1 is 1.06 bits per heavy atom. The van der Waals surface area contributed by atoms with Crippen molar-refractivity contribution in [1.82, 2.24) is 4.90 Å². The van der Waals surface area contributed by atoms with Crippen LogP contribution in [-0.4, -0.2) is 29.8 Å². The fourth-order valence-corrected chi connectivity index (χ4v) is 8.04. The van der Waals surface area contributed by atoms with Gasteiger partial charge >= 0.3 is 0 Å². The minimum Gasteiger partial charge on any atom is -0.336 e. The summed E-state index contributed by atoms with van der Waals surface area (Å²) in [6.45, 7) is 4.35. The molecule has 7 atom stereocenters. The number of para-hydroxylation sites is 1. The van der Waals surface area contributed by atoms with Gasteiger partial charge in [0.05, 0.1) is 5.69 Å². The average Bonchev–Trinajstić information content (AvgIpc) is 3.11. The molecule has 0 aromatic heterocycles.